The van der Waals surface area contributed by atoms with E-state index in [1.54, 1.807) is 6.08 Å². The van der Waals surface area contributed by atoms with Crippen LogP contribution in [-0.4, -0.2) is 12.6 Å². The van der Waals surface area contributed by atoms with Crippen LogP contribution < -0.4 is 0 Å². The summed E-state index contributed by atoms with van der Waals surface area (Å²) in [6, 6.07) is 17.7. The third-order valence-corrected chi connectivity index (χ3v) is 3.57. The first-order chi connectivity index (χ1) is 10.7. The summed E-state index contributed by atoms with van der Waals surface area (Å²) in [6.07, 6.45) is 3.20. The van der Waals surface area contributed by atoms with Crippen LogP contribution in [0.1, 0.15) is 24.5 Å². The van der Waals surface area contributed by atoms with Crippen LogP contribution in [0.4, 0.5) is 0 Å². The zero-order valence-corrected chi connectivity index (χ0v) is 13.3. The summed E-state index contributed by atoms with van der Waals surface area (Å²) >= 11 is 5.90. The molecule has 0 unspecified atom stereocenters. The van der Waals surface area contributed by atoms with E-state index < -0.39 is 0 Å². The normalized spacial score (nSPS) is 11.3. The maximum absolute atomic E-state index is 11.8. The quantitative estimate of drug-likeness (QED) is 0.559. The number of hydrogen-bond acceptors (Lipinski definition) is 2. The Hall–Kier alpha value is -2.06. The van der Waals surface area contributed by atoms with E-state index in [-0.39, 0.29) is 5.97 Å². The van der Waals surface area contributed by atoms with Gasteiger partial charge in [0, 0.05) is 11.1 Å². The van der Waals surface area contributed by atoms with Gasteiger partial charge in [0.1, 0.15) is 0 Å². The van der Waals surface area contributed by atoms with Crippen LogP contribution in [0.25, 0.3) is 5.57 Å². The standard InChI is InChI=1S/C19H19ClO2/c1-2-22-19(21)14-17(16-6-4-3-5-7-16)11-8-15-9-12-18(20)13-10-15/h3-7,9-10,12-14H,2,8,11H2,1H3/b17-14+. The topological polar surface area (TPSA) is 26.3 Å². The fourth-order valence-electron chi connectivity index (χ4n) is 2.21. The number of ether oxygens (including phenoxy) is 1. The first-order valence-electron chi connectivity index (χ1n) is 7.36. The maximum atomic E-state index is 11.8. The van der Waals surface area contributed by atoms with Crippen molar-refractivity contribution in [2.45, 2.75) is 19.8 Å². The molecule has 2 aromatic rings. The highest BCUT2D eigenvalue weighted by Gasteiger charge is 2.06. The fraction of sp³-hybridized carbons (Fsp3) is 0.211. The number of halogens is 1. The summed E-state index contributed by atoms with van der Waals surface area (Å²) in [4.78, 5) is 11.8. The lowest BCUT2D eigenvalue weighted by atomic mass is 9.98. The average Bonchev–Trinajstić information content (AvgIpc) is 2.54. The fourth-order valence-corrected chi connectivity index (χ4v) is 2.33. The van der Waals surface area contributed by atoms with Gasteiger partial charge in [0.15, 0.2) is 0 Å². The van der Waals surface area contributed by atoms with Gasteiger partial charge in [-0.15, -0.1) is 0 Å². The molecule has 2 nitrogen and oxygen atoms in total. The smallest absolute Gasteiger partial charge is 0.331 e. The first-order valence-corrected chi connectivity index (χ1v) is 7.74. The highest BCUT2D eigenvalue weighted by atomic mass is 35.5. The van der Waals surface area contributed by atoms with E-state index in [2.05, 4.69) is 0 Å². The number of hydrogen-bond donors (Lipinski definition) is 0. The van der Waals surface area contributed by atoms with Crippen molar-refractivity contribution >= 4 is 23.1 Å². The van der Waals surface area contributed by atoms with E-state index in [1.165, 1.54) is 5.56 Å². The molecular weight excluding hydrogens is 296 g/mol. The van der Waals surface area contributed by atoms with Crippen molar-refractivity contribution in [2.24, 2.45) is 0 Å². The monoisotopic (exact) mass is 314 g/mol. The van der Waals surface area contributed by atoms with E-state index >= 15 is 0 Å². The first kappa shape index (κ1) is 16.3. The van der Waals surface area contributed by atoms with Gasteiger partial charge in [-0.2, -0.15) is 0 Å². The Bertz CT molecular complexity index is 630. The highest BCUT2D eigenvalue weighted by Crippen LogP contribution is 2.21. The second-order valence-corrected chi connectivity index (χ2v) is 5.35. The van der Waals surface area contributed by atoms with Gasteiger partial charge in [-0.1, -0.05) is 54.1 Å². The third-order valence-electron chi connectivity index (χ3n) is 3.32. The molecule has 0 saturated heterocycles. The Balaban J connectivity index is 2.14. The second-order valence-electron chi connectivity index (χ2n) is 4.91. The van der Waals surface area contributed by atoms with Crippen LogP contribution in [0.3, 0.4) is 0 Å². The van der Waals surface area contributed by atoms with Gasteiger partial charge in [0.05, 0.1) is 6.61 Å². The minimum atomic E-state index is -0.294. The van der Waals surface area contributed by atoms with Gasteiger partial charge in [-0.25, -0.2) is 4.79 Å². The summed E-state index contributed by atoms with van der Waals surface area (Å²) in [5, 5.41) is 0.731. The molecule has 0 aliphatic carbocycles. The Kier molecular flexibility index (Phi) is 6.23. The Morgan fingerprint density at radius 1 is 1.09 bits per heavy atom. The molecule has 0 aromatic heterocycles. The number of carbonyl (C=O) groups excluding carboxylic acids is 1. The van der Waals surface area contributed by atoms with Crippen molar-refractivity contribution in [1.82, 2.24) is 0 Å². The molecule has 22 heavy (non-hydrogen) atoms. The van der Waals surface area contributed by atoms with Crippen molar-refractivity contribution < 1.29 is 9.53 Å². The molecule has 0 aliphatic rings. The predicted octanol–water partition coefficient (Wildman–Crippen LogP) is 4.92. The molecule has 0 saturated carbocycles. The van der Waals surface area contributed by atoms with Crippen molar-refractivity contribution in [3.63, 3.8) is 0 Å². The molecular formula is C19H19ClO2. The predicted molar refractivity (Wildman–Crippen MR) is 90.8 cm³/mol. The van der Waals surface area contributed by atoms with Crippen molar-refractivity contribution in [1.29, 1.82) is 0 Å². The number of benzene rings is 2. The number of allylic oxidation sites excluding steroid dienone is 1. The van der Waals surface area contributed by atoms with E-state index in [4.69, 9.17) is 16.3 Å². The SMILES string of the molecule is CCOC(=O)/C=C(\CCc1ccc(Cl)cc1)c1ccccc1. The molecule has 3 heteroatoms. The Morgan fingerprint density at radius 3 is 2.41 bits per heavy atom. The van der Waals surface area contributed by atoms with Crippen molar-refractivity contribution in [2.75, 3.05) is 6.61 Å². The molecule has 0 N–H and O–H groups in total. The molecule has 0 fully saturated rings. The molecule has 0 aliphatic heterocycles. The maximum Gasteiger partial charge on any atom is 0.331 e. The van der Waals surface area contributed by atoms with Crippen LogP contribution in [-0.2, 0) is 16.0 Å². The van der Waals surface area contributed by atoms with Gasteiger partial charge >= 0.3 is 5.97 Å². The zero-order chi connectivity index (χ0) is 15.8. The molecule has 0 atom stereocenters. The van der Waals surface area contributed by atoms with Crippen LogP contribution in [0, 0.1) is 0 Å². The molecule has 0 amide bonds. The summed E-state index contributed by atoms with van der Waals surface area (Å²) in [5.41, 5.74) is 3.22. The summed E-state index contributed by atoms with van der Waals surface area (Å²) in [7, 11) is 0. The molecule has 2 rings (SSSR count). The molecule has 0 spiro atoms. The molecule has 0 bridgehead atoms. The van der Waals surface area contributed by atoms with Gasteiger partial charge < -0.3 is 4.74 Å². The van der Waals surface area contributed by atoms with Crippen molar-refractivity contribution in [3.05, 3.63) is 76.8 Å². The number of rotatable bonds is 6. The lowest BCUT2D eigenvalue weighted by Gasteiger charge is -2.08. The number of esters is 1. The Morgan fingerprint density at radius 2 is 1.77 bits per heavy atom. The van der Waals surface area contributed by atoms with E-state index in [0.29, 0.717) is 6.61 Å². The second kappa shape index (κ2) is 8.40. The molecule has 2 aromatic carbocycles. The van der Waals surface area contributed by atoms with E-state index in [9.17, 15) is 4.79 Å². The molecule has 0 heterocycles. The summed E-state index contributed by atoms with van der Waals surface area (Å²) in [6.45, 7) is 2.19. The van der Waals surface area contributed by atoms with Crippen LogP contribution >= 0.6 is 11.6 Å². The minimum Gasteiger partial charge on any atom is -0.463 e. The summed E-state index contributed by atoms with van der Waals surface area (Å²) < 4.78 is 5.03. The summed E-state index contributed by atoms with van der Waals surface area (Å²) in [5.74, 6) is -0.294. The number of aryl methyl sites for hydroxylation is 1. The molecule has 114 valence electrons. The minimum absolute atomic E-state index is 0.294. The van der Waals surface area contributed by atoms with Crippen molar-refractivity contribution in [3.8, 4) is 0 Å². The Labute approximate surface area is 136 Å². The zero-order valence-electron chi connectivity index (χ0n) is 12.6. The van der Waals surface area contributed by atoms with Gasteiger partial charge in [0.2, 0.25) is 0 Å². The molecule has 0 radical (unpaired) electrons. The lowest BCUT2D eigenvalue weighted by molar-refractivity contribution is -0.137. The van der Waals surface area contributed by atoms with E-state index in [0.717, 1.165) is 29.0 Å². The number of carbonyl (C=O) groups is 1. The highest BCUT2D eigenvalue weighted by molar-refractivity contribution is 6.30. The van der Waals surface area contributed by atoms with Gasteiger partial charge in [-0.3, -0.25) is 0 Å². The third kappa shape index (κ3) is 5.05. The lowest BCUT2D eigenvalue weighted by Crippen LogP contribution is -2.01. The van der Waals surface area contributed by atoms with Crippen LogP contribution in [0.15, 0.2) is 60.7 Å². The largest absolute Gasteiger partial charge is 0.463 e. The van der Waals surface area contributed by atoms with Crippen LogP contribution in [0.5, 0.6) is 0 Å². The van der Waals surface area contributed by atoms with E-state index in [1.807, 2.05) is 61.5 Å². The average molecular weight is 315 g/mol. The van der Waals surface area contributed by atoms with Gasteiger partial charge in [-0.05, 0) is 48.6 Å². The van der Waals surface area contributed by atoms with Crippen LogP contribution in [0.2, 0.25) is 5.02 Å². The van der Waals surface area contributed by atoms with Gasteiger partial charge in [0.25, 0.3) is 0 Å².